The minimum absolute atomic E-state index is 0.0104. The fourth-order valence-electron chi connectivity index (χ4n) is 2.63. The van der Waals surface area contributed by atoms with Crippen LogP contribution < -0.4 is 5.32 Å². The van der Waals surface area contributed by atoms with Crippen LogP contribution in [0.5, 0.6) is 0 Å². The molecule has 130 valence electrons. The minimum atomic E-state index is -0.0692. The molecule has 0 saturated heterocycles. The maximum Gasteiger partial charge on any atom is 0.227 e. The third-order valence-electron chi connectivity index (χ3n) is 3.87. The lowest BCUT2D eigenvalue weighted by molar-refractivity contribution is -0.116. The molecule has 0 bridgehead atoms. The molecule has 6 nitrogen and oxygen atoms in total. The molecule has 25 heavy (non-hydrogen) atoms. The highest BCUT2D eigenvalue weighted by molar-refractivity contribution is 6.30. The normalized spacial score (nSPS) is 12.1. The van der Waals surface area contributed by atoms with Crippen molar-refractivity contribution in [1.82, 2.24) is 19.6 Å². The van der Waals surface area contributed by atoms with E-state index in [9.17, 15) is 4.79 Å². The Morgan fingerprint density at radius 3 is 2.76 bits per heavy atom. The van der Waals surface area contributed by atoms with Crippen LogP contribution in [0.15, 0.2) is 48.8 Å². The van der Waals surface area contributed by atoms with E-state index in [1.54, 1.807) is 15.6 Å². The largest absolute Gasteiger partial charge is 0.311 e. The van der Waals surface area contributed by atoms with Crippen LogP contribution in [0.1, 0.15) is 30.6 Å². The van der Waals surface area contributed by atoms with E-state index in [2.05, 4.69) is 15.5 Å². The van der Waals surface area contributed by atoms with Crippen LogP contribution in [-0.4, -0.2) is 25.5 Å². The van der Waals surface area contributed by atoms with E-state index >= 15 is 0 Å². The molecule has 1 N–H and O–H groups in total. The summed E-state index contributed by atoms with van der Waals surface area (Å²) in [6, 6.07) is 11.3. The third kappa shape index (κ3) is 4.48. The lowest BCUT2D eigenvalue weighted by atomic mass is 10.2. The van der Waals surface area contributed by atoms with Crippen LogP contribution in [0.2, 0.25) is 5.02 Å². The lowest BCUT2D eigenvalue weighted by Crippen LogP contribution is -2.20. The van der Waals surface area contributed by atoms with E-state index in [1.807, 2.05) is 56.4 Å². The van der Waals surface area contributed by atoms with Crippen molar-refractivity contribution in [1.29, 1.82) is 0 Å². The molecule has 0 saturated carbocycles. The summed E-state index contributed by atoms with van der Waals surface area (Å²) in [7, 11) is 0. The van der Waals surface area contributed by atoms with Gasteiger partial charge in [-0.15, -0.1) is 0 Å². The number of anilines is 1. The summed E-state index contributed by atoms with van der Waals surface area (Å²) in [5, 5.41) is 12.3. The zero-order valence-corrected chi connectivity index (χ0v) is 14.9. The quantitative estimate of drug-likeness (QED) is 0.731. The predicted octanol–water partition coefficient (Wildman–Crippen LogP) is 3.68. The standard InChI is InChI=1S/C18H20ClN5O/c1-13-10-17(21-18(25)11-14(2)23-9-3-8-20-23)24(22-13)12-15-4-6-16(19)7-5-15/h3-10,14H,11-12H2,1-2H3,(H,21,25). The number of nitrogens with one attached hydrogen (secondary N) is 1. The molecule has 3 aromatic rings. The van der Waals surface area contributed by atoms with Gasteiger partial charge < -0.3 is 5.32 Å². The van der Waals surface area contributed by atoms with Gasteiger partial charge in [0.1, 0.15) is 5.82 Å². The summed E-state index contributed by atoms with van der Waals surface area (Å²) < 4.78 is 3.56. The van der Waals surface area contributed by atoms with E-state index in [1.165, 1.54) is 0 Å². The molecule has 2 aromatic heterocycles. The van der Waals surface area contributed by atoms with Gasteiger partial charge in [0.15, 0.2) is 0 Å². The monoisotopic (exact) mass is 357 g/mol. The number of hydrogen-bond acceptors (Lipinski definition) is 3. The first-order valence-electron chi connectivity index (χ1n) is 8.09. The molecular weight excluding hydrogens is 338 g/mol. The van der Waals surface area contributed by atoms with Gasteiger partial charge in [0.2, 0.25) is 5.91 Å². The van der Waals surface area contributed by atoms with Crippen molar-refractivity contribution in [2.45, 2.75) is 32.9 Å². The molecule has 0 aliphatic rings. The molecule has 0 aliphatic heterocycles. The number of nitrogens with zero attached hydrogens (tertiary/aromatic N) is 4. The summed E-state index contributed by atoms with van der Waals surface area (Å²) in [5.74, 6) is 0.616. The molecule has 0 aliphatic carbocycles. The van der Waals surface area contributed by atoms with Gasteiger partial charge in [-0.05, 0) is 37.6 Å². The van der Waals surface area contributed by atoms with Gasteiger partial charge in [-0.1, -0.05) is 23.7 Å². The zero-order valence-electron chi connectivity index (χ0n) is 14.2. The van der Waals surface area contributed by atoms with Gasteiger partial charge in [-0.2, -0.15) is 10.2 Å². The lowest BCUT2D eigenvalue weighted by Gasteiger charge is -2.13. The number of carbonyl (C=O) groups is 1. The summed E-state index contributed by atoms with van der Waals surface area (Å²) in [6.07, 6.45) is 3.90. The first-order valence-corrected chi connectivity index (χ1v) is 8.47. The molecule has 2 heterocycles. The van der Waals surface area contributed by atoms with Gasteiger partial charge in [0.25, 0.3) is 0 Å². The molecule has 0 spiro atoms. The van der Waals surface area contributed by atoms with Crippen molar-refractivity contribution in [3.05, 3.63) is 65.1 Å². The molecule has 7 heteroatoms. The highest BCUT2D eigenvalue weighted by Gasteiger charge is 2.14. The van der Waals surface area contributed by atoms with Gasteiger partial charge in [0.05, 0.1) is 18.3 Å². The van der Waals surface area contributed by atoms with E-state index < -0.39 is 0 Å². The molecule has 1 amide bonds. The third-order valence-corrected chi connectivity index (χ3v) is 4.12. The van der Waals surface area contributed by atoms with Crippen LogP contribution in [0.3, 0.4) is 0 Å². The van der Waals surface area contributed by atoms with E-state index in [4.69, 9.17) is 11.6 Å². The van der Waals surface area contributed by atoms with Gasteiger partial charge in [0, 0.05) is 29.9 Å². The molecule has 0 radical (unpaired) electrons. The number of rotatable bonds is 6. The Labute approximate surface area is 151 Å². The van der Waals surface area contributed by atoms with Crippen molar-refractivity contribution in [3.8, 4) is 0 Å². The van der Waals surface area contributed by atoms with E-state index in [-0.39, 0.29) is 11.9 Å². The maximum absolute atomic E-state index is 12.4. The second-order valence-corrected chi connectivity index (χ2v) is 6.48. The summed E-state index contributed by atoms with van der Waals surface area (Å²) in [6.45, 7) is 4.43. The molecule has 1 aromatic carbocycles. The second kappa shape index (κ2) is 7.53. The second-order valence-electron chi connectivity index (χ2n) is 6.04. The number of benzene rings is 1. The molecule has 3 rings (SSSR count). The fourth-order valence-corrected chi connectivity index (χ4v) is 2.75. The van der Waals surface area contributed by atoms with Crippen molar-refractivity contribution in [2.75, 3.05) is 5.32 Å². The number of carbonyl (C=O) groups excluding carboxylic acids is 1. The van der Waals surface area contributed by atoms with E-state index in [0.717, 1.165) is 11.3 Å². The number of hydrogen-bond donors (Lipinski definition) is 1. The van der Waals surface area contributed by atoms with Crippen molar-refractivity contribution >= 4 is 23.3 Å². The molecule has 1 atom stereocenters. The average Bonchev–Trinajstić information content (AvgIpc) is 3.20. The Kier molecular flexibility index (Phi) is 5.19. The summed E-state index contributed by atoms with van der Waals surface area (Å²) in [5.41, 5.74) is 1.91. The predicted molar refractivity (Wildman–Crippen MR) is 97.7 cm³/mol. The highest BCUT2D eigenvalue weighted by atomic mass is 35.5. The number of halogens is 1. The molecule has 1 unspecified atom stereocenters. The number of amides is 1. The first kappa shape index (κ1) is 17.2. The van der Waals surface area contributed by atoms with Crippen LogP contribution in [0.4, 0.5) is 5.82 Å². The Morgan fingerprint density at radius 1 is 1.32 bits per heavy atom. The van der Waals surface area contributed by atoms with Crippen molar-refractivity contribution in [3.63, 3.8) is 0 Å². The Bertz CT molecular complexity index is 839. The maximum atomic E-state index is 12.4. The molecule has 0 fully saturated rings. The average molecular weight is 358 g/mol. The van der Waals surface area contributed by atoms with Crippen LogP contribution >= 0.6 is 11.6 Å². The Balaban J connectivity index is 1.68. The molecular formula is C18H20ClN5O. The van der Waals surface area contributed by atoms with Crippen LogP contribution in [0.25, 0.3) is 0 Å². The Hall–Kier alpha value is -2.60. The number of aromatic nitrogens is 4. The topological polar surface area (TPSA) is 64.7 Å². The van der Waals surface area contributed by atoms with Crippen molar-refractivity contribution in [2.24, 2.45) is 0 Å². The van der Waals surface area contributed by atoms with Gasteiger partial charge >= 0.3 is 0 Å². The number of aryl methyl sites for hydroxylation is 1. The SMILES string of the molecule is Cc1cc(NC(=O)CC(C)n2cccn2)n(Cc2ccc(Cl)cc2)n1. The summed E-state index contributed by atoms with van der Waals surface area (Å²) in [4.78, 5) is 12.4. The van der Waals surface area contributed by atoms with Gasteiger partial charge in [-0.25, -0.2) is 4.68 Å². The Morgan fingerprint density at radius 2 is 2.08 bits per heavy atom. The van der Waals surface area contributed by atoms with Crippen molar-refractivity contribution < 1.29 is 4.79 Å². The zero-order chi connectivity index (χ0) is 17.8. The van der Waals surface area contributed by atoms with Crippen LogP contribution in [-0.2, 0) is 11.3 Å². The smallest absolute Gasteiger partial charge is 0.227 e. The van der Waals surface area contributed by atoms with Crippen LogP contribution in [0, 0.1) is 6.92 Å². The first-order chi connectivity index (χ1) is 12.0. The summed E-state index contributed by atoms with van der Waals surface area (Å²) >= 11 is 5.92. The van der Waals surface area contributed by atoms with Gasteiger partial charge in [-0.3, -0.25) is 9.48 Å². The fraction of sp³-hybridized carbons (Fsp3) is 0.278. The highest BCUT2D eigenvalue weighted by Crippen LogP contribution is 2.17. The van der Waals surface area contributed by atoms with E-state index in [0.29, 0.717) is 23.8 Å². The minimum Gasteiger partial charge on any atom is -0.311 e.